The quantitative estimate of drug-likeness (QED) is 0.274. The summed E-state index contributed by atoms with van der Waals surface area (Å²) in [7, 11) is -1.25. The van der Waals surface area contributed by atoms with Crippen molar-refractivity contribution in [2.75, 3.05) is 39.6 Å². The van der Waals surface area contributed by atoms with Crippen LogP contribution in [0.5, 0.6) is 0 Å². The van der Waals surface area contributed by atoms with Crippen molar-refractivity contribution in [2.24, 2.45) is 20.9 Å². The number of aliphatic imine (C=N–C) groups is 3. The predicted molar refractivity (Wildman–Crippen MR) is 179 cm³/mol. The number of amidine groups is 1. The molecule has 1 saturated heterocycles. The number of hydrogen-bond donors (Lipinski definition) is 1. The topological polar surface area (TPSA) is 100 Å². The average molecular weight is 643 g/mol. The van der Waals surface area contributed by atoms with Gasteiger partial charge < -0.3 is 24.4 Å². The third-order valence-corrected chi connectivity index (χ3v) is 10.3. The van der Waals surface area contributed by atoms with E-state index in [9.17, 15) is 4.79 Å². The number of rotatable bonds is 10. The number of morpholine rings is 1. The molecule has 1 N–H and O–H groups in total. The minimum atomic E-state index is -1.25. The second-order valence-corrected chi connectivity index (χ2v) is 19.7. The van der Waals surface area contributed by atoms with Crippen LogP contribution in [0.2, 0.25) is 25.7 Å². The number of carbonyl (C=O) groups is 1. The van der Waals surface area contributed by atoms with E-state index in [1.807, 2.05) is 30.9 Å². The first-order valence-corrected chi connectivity index (χ1v) is 19.8. The van der Waals surface area contributed by atoms with Crippen molar-refractivity contribution in [3.8, 4) is 0 Å². The molecule has 4 atom stereocenters. The van der Waals surface area contributed by atoms with E-state index in [4.69, 9.17) is 35.8 Å². The first-order valence-electron chi connectivity index (χ1n) is 15.7. The number of hydrogen-bond acceptors (Lipinski definition) is 9. The molecular formula is C32H47ClN6O4Si. The summed E-state index contributed by atoms with van der Waals surface area (Å²) in [5.41, 5.74) is 2.35. The lowest BCUT2D eigenvalue weighted by atomic mass is 9.91. The molecule has 1 amide bonds. The van der Waals surface area contributed by atoms with E-state index in [0.717, 1.165) is 50.2 Å². The number of nitrogens with one attached hydrogen (secondary N) is 1. The molecule has 1 fully saturated rings. The molecule has 12 heteroatoms. The van der Waals surface area contributed by atoms with Crippen molar-refractivity contribution < 1.29 is 19.0 Å². The molecule has 0 aromatic rings. The SMILES string of the molecule is CC(=O)NC(C)(C)C1=CCC(OC2=NC3C=C(Cl)C(C4C=CC(N5CCOCC5)=CC4)=NC3N2COCC[Si](C)(C)C)C=N1. The van der Waals surface area contributed by atoms with Gasteiger partial charge in [-0.15, -0.1) is 0 Å². The highest BCUT2D eigenvalue weighted by molar-refractivity contribution is 6.76. The molecule has 5 rings (SSSR count). The number of allylic oxidation sites excluding steroid dienone is 4. The Hall–Kier alpha value is -2.73. The molecular weight excluding hydrogens is 596 g/mol. The number of halogens is 1. The fourth-order valence-corrected chi connectivity index (χ4v) is 6.90. The van der Waals surface area contributed by atoms with Crippen LogP contribution in [0.25, 0.3) is 0 Å². The first-order chi connectivity index (χ1) is 20.9. The second-order valence-electron chi connectivity index (χ2n) is 13.7. The summed E-state index contributed by atoms with van der Waals surface area (Å²) in [6, 6.07) is 1.29. The van der Waals surface area contributed by atoms with Gasteiger partial charge in [-0.3, -0.25) is 19.7 Å². The molecule has 0 saturated carbocycles. The molecule has 10 nitrogen and oxygen atoms in total. The van der Waals surface area contributed by atoms with E-state index in [1.165, 1.54) is 12.6 Å². The van der Waals surface area contributed by atoms with E-state index >= 15 is 0 Å². The zero-order chi connectivity index (χ0) is 31.5. The predicted octanol–water partition coefficient (Wildman–Crippen LogP) is 4.69. The monoisotopic (exact) mass is 642 g/mol. The largest absolute Gasteiger partial charge is 0.456 e. The summed E-state index contributed by atoms with van der Waals surface area (Å²) in [6.07, 6.45) is 13.3. The molecule has 4 aliphatic heterocycles. The van der Waals surface area contributed by atoms with E-state index in [-0.39, 0.29) is 30.1 Å². The van der Waals surface area contributed by atoms with Gasteiger partial charge in [0.25, 0.3) is 6.02 Å². The van der Waals surface area contributed by atoms with Crippen LogP contribution in [0.1, 0.15) is 33.6 Å². The Labute approximate surface area is 267 Å². The molecule has 0 aromatic heterocycles. The molecule has 4 heterocycles. The molecule has 0 radical (unpaired) electrons. The van der Waals surface area contributed by atoms with Gasteiger partial charge in [0.15, 0.2) is 6.17 Å². The number of carbonyl (C=O) groups excluding carboxylic acids is 1. The summed E-state index contributed by atoms with van der Waals surface area (Å²) in [5.74, 6) is -0.00815. The first kappa shape index (κ1) is 32.7. The Balaban J connectivity index is 1.29. The molecule has 4 unspecified atom stereocenters. The summed E-state index contributed by atoms with van der Waals surface area (Å²) >= 11 is 6.86. The standard InChI is InChI=1S/C32H47ClN6O4Si/c1-22(40)37-32(2,3)28-12-11-25(20-34-28)43-31-35-27-19-26(33)29(36-30(27)39(31)21-42-17-18-44(4,5)6)23-7-9-24(10-8-23)38-13-15-41-16-14-38/h7,9-10,12,19-20,23,25,27,30H,8,11,13-18,21H2,1-6H3,(H,37,40). The van der Waals surface area contributed by atoms with Gasteiger partial charge >= 0.3 is 0 Å². The van der Waals surface area contributed by atoms with Crippen molar-refractivity contribution in [2.45, 2.75) is 83.1 Å². The van der Waals surface area contributed by atoms with Gasteiger partial charge in [0.05, 0.1) is 35.2 Å². The van der Waals surface area contributed by atoms with Crippen LogP contribution < -0.4 is 5.32 Å². The molecule has 5 aliphatic rings. The van der Waals surface area contributed by atoms with Crippen LogP contribution in [-0.2, 0) is 19.0 Å². The van der Waals surface area contributed by atoms with Gasteiger partial charge in [-0.25, -0.2) is 4.99 Å². The summed E-state index contributed by atoms with van der Waals surface area (Å²) in [5, 5.41) is 3.59. The van der Waals surface area contributed by atoms with Crippen molar-refractivity contribution in [3.05, 3.63) is 46.8 Å². The highest BCUT2D eigenvalue weighted by atomic mass is 35.5. The van der Waals surface area contributed by atoms with Crippen LogP contribution in [0.3, 0.4) is 0 Å². The lowest BCUT2D eigenvalue weighted by molar-refractivity contribution is -0.120. The lowest BCUT2D eigenvalue weighted by Gasteiger charge is -2.33. The van der Waals surface area contributed by atoms with E-state index in [1.54, 1.807) is 6.21 Å². The van der Waals surface area contributed by atoms with Crippen molar-refractivity contribution in [3.63, 3.8) is 0 Å². The Kier molecular flexibility index (Phi) is 10.2. The Bertz CT molecular complexity index is 1310. The fraction of sp³-hybridized carbons (Fsp3) is 0.625. The van der Waals surface area contributed by atoms with Gasteiger partial charge in [0.2, 0.25) is 5.91 Å². The van der Waals surface area contributed by atoms with Gasteiger partial charge in [-0.2, -0.15) is 0 Å². The minimum Gasteiger partial charge on any atom is -0.456 e. The molecule has 44 heavy (non-hydrogen) atoms. The zero-order valence-electron chi connectivity index (χ0n) is 26.9. The normalized spacial score (nSPS) is 27.2. The van der Waals surface area contributed by atoms with E-state index < -0.39 is 13.6 Å². The van der Waals surface area contributed by atoms with Crippen molar-refractivity contribution >= 4 is 43.5 Å². The number of amides is 1. The number of fused-ring (bicyclic) bond motifs is 1. The molecule has 0 bridgehead atoms. The third-order valence-electron chi connectivity index (χ3n) is 8.31. The van der Waals surface area contributed by atoms with Crippen LogP contribution >= 0.6 is 11.6 Å². The third kappa shape index (κ3) is 8.10. The highest BCUT2D eigenvalue weighted by Crippen LogP contribution is 2.33. The smallest absolute Gasteiger partial charge is 0.292 e. The second kappa shape index (κ2) is 13.7. The summed E-state index contributed by atoms with van der Waals surface area (Å²) < 4.78 is 18.2. The molecule has 0 spiro atoms. The number of nitrogens with zero attached hydrogens (tertiary/aromatic N) is 5. The fourth-order valence-electron chi connectivity index (χ4n) is 5.83. The van der Waals surface area contributed by atoms with Crippen LogP contribution in [-0.4, -0.2) is 105 Å². The molecule has 0 aromatic carbocycles. The van der Waals surface area contributed by atoms with E-state index in [0.29, 0.717) is 30.8 Å². The lowest BCUT2D eigenvalue weighted by Crippen LogP contribution is -2.45. The Morgan fingerprint density at radius 2 is 1.95 bits per heavy atom. The maximum atomic E-state index is 11.7. The minimum absolute atomic E-state index is 0.0881. The molecule has 1 aliphatic carbocycles. The highest BCUT2D eigenvalue weighted by Gasteiger charge is 2.41. The average Bonchev–Trinajstić information content (AvgIpc) is 3.29. The van der Waals surface area contributed by atoms with Crippen molar-refractivity contribution in [1.82, 2.24) is 15.1 Å². The van der Waals surface area contributed by atoms with Crippen LogP contribution in [0, 0.1) is 5.92 Å². The number of dihydropyridines is 1. The summed E-state index contributed by atoms with van der Waals surface area (Å²) in [6.45, 7) is 16.8. The molecule has 240 valence electrons. The van der Waals surface area contributed by atoms with Gasteiger partial charge in [0, 0.05) is 58.9 Å². The number of ether oxygens (including phenoxy) is 3. The Morgan fingerprint density at radius 3 is 2.59 bits per heavy atom. The van der Waals surface area contributed by atoms with Crippen LogP contribution in [0.15, 0.2) is 61.8 Å². The van der Waals surface area contributed by atoms with Gasteiger partial charge in [-0.05, 0) is 38.5 Å². The van der Waals surface area contributed by atoms with E-state index in [2.05, 4.69) is 53.1 Å². The van der Waals surface area contributed by atoms with Crippen molar-refractivity contribution in [1.29, 1.82) is 0 Å². The van der Waals surface area contributed by atoms with Gasteiger partial charge in [0.1, 0.15) is 18.9 Å². The van der Waals surface area contributed by atoms with Gasteiger partial charge in [-0.1, -0.05) is 49.5 Å². The maximum Gasteiger partial charge on any atom is 0.292 e. The van der Waals surface area contributed by atoms with Crippen LogP contribution in [0.4, 0.5) is 0 Å². The Morgan fingerprint density at radius 1 is 1.18 bits per heavy atom. The maximum absolute atomic E-state index is 11.7. The zero-order valence-corrected chi connectivity index (χ0v) is 28.6. The summed E-state index contributed by atoms with van der Waals surface area (Å²) in [4.78, 5) is 30.8.